The Bertz CT molecular complexity index is 738. The van der Waals surface area contributed by atoms with Crippen LogP contribution in [-0.2, 0) is 6.42 Å². The summed E-state index contributed by atoms with van der Waals surface area (Å²) in [4.78, 5) is 12.4. The van der Waals surface area contributed by atoms with E-state index < -0.39 is 0 Å². The molecule has 0 saturated carbocycles. The Morgan fingerprint density at radius 2 is 1.79 bits per heavy atom. The largest absolute Gasteiger partial charge is 0.464 e. The lowest BCUT2D eigenvalue weighted by atomic mass is 9.99. The van der Waals surface area contributed by atoms with Crippen LogP contribution in [0.5, 0.6) is 0 Å². The van der Waals surface area contributed by atoms with Gasteiger partial charge < -0.3 is 4.42 Å². The van der Waals surface area contributed by atoms with Crippen molar-refractivity contribution in [2.75, 3.05) is 0 Å². The van der Waals surface area contributed by atoms with Gasteiger partial charge in [0.05, 0.1) is 5.56 Å². The Kier molecular flexibility index (Phi) is 2.92. The molecule has 0 N–H and O–H groups in total. The Morgan fingerprint density at radius 1 is 1.05 bits per heavy atom. The summed E-state index contributed by atoms with van der Waals surface area (Å²) in [5.41, 5.74) is 3.64. The number of para-hydroxylation sites is 1. The average Bonchev–Trinajstić information content (AvgIpc) is 2.85. The van der Waals surface area contributed by atoms with E-state index >= 15 is 0 Å². The predicted octanol–water partition coefficient (Wildman–Crippen LogP) is 4.17. The summed E-state index contributed by atoms with van der Waals surface area (Å²) in [7, 11) is 0. The summed E-state index contributed by atoms with van der Waals surface area (Å²) < 4.78 is 5.42. The molecule has 0 amide bonds. The molecule has 1 heterocycles. The number of benzene rings is 2. The topological polar surface area (TPSA) is 30.2 Å². The SMILES string of the molecule is Cc1ccccc1CC(=O)c1coc2ccccc12. The number of carbonyl (C=O) groups excluding carboxylic acids is 1. The minimum Gasteiger partial charge on any atom is -0.464 e. The fourth-order valence-electron chi connectivity index (χ4n) is 2.27. The molecule has 2 nitrogen and oxygen atoms in total. The quantitative estimate of drug-likeness (QED) is 0.653. The molecule has 3 rings (SSSR count). The number of carbonyl (C=O) groups is 1. The van der Waals surface area contributed by atoms with E-state index in [0.717, 1.165) is 22.1 Å². The third-order valence-electron chi connectivity index (χ3n) is 3.39. The number of hydrogen-bond donors (Lipinski definition) is 0. The van der Waals surface area contributed by atoms with Gasteiger partial charge in [0.25, 0.3) is 0 Å². The van der Waals surface area contributed by atoms with Crippen LogP contribution in [0.1, 0.15) is 21.5 Å². The van der Waals surface area contributed by atoms with Gasteiger partial charge in [-0.25, -0.2) is 0 Å². The molecule has 19 heavy (non-hydrogen) atoms. The predicted molar refractivity (Wildman–Crippen MR) is 75.4 cm³/mol. The van der Waals surface area contributed by atoms with E-state index in [1.54, 1.807) is 6.26 Å². The van der Waals surface area contributed by atoms with Gasteiger partial charge in [0, 0.05) is 11.8 Å². The van der Waals surface area contributed by atoms with Gasteiger partial charge in [0.15, 0.2) is 5.78 Å². The lowest BCUT2D eigenvalue weighted by Crippen LogP contribution is -2.03. The van der Waals surface area contributed by atoms with Gasteiger partial charge in [0.1, 0.15) is 11.8 Å². The summed E-state index contributed by atoms with van der Waals surface area (Å²) in [6, 6.07) is 15.6. The second-order valence-corrected chi connectivity index (χ2v) is 4.67. The fourth-order valence-corrected chi connectivity index (χ4v) is 2.27. The number of rotatable bonds is 3. The number of fused-ring (bicyclic) bond motifs is 1. The first-order valence-corrected chi connectivity index (χ1v) is 6.29. The van der Waals surface area contributed by atoms with Crippen molar-refractivity contribution in [3.63, 3.8) is 0 Å². The van der Waals surface area contributed by atoms with Gasteiger partial charge in [-0.2, -0.15) is 0 Å². The summed E-state index contributed by atoms with van der Waals surface area (Å²) in [6.07, 6.45) is 1.97. The van der Waals surface area contributed by atoms with Crippen molar-refractivity contribution in [1.82, 2.24) is 0 Å². The van der Waals surface area contributed by atoms with Crippen LogP contribution in [0.3, 0.4) is 0 Å². The highest BCUT2D eigenvalue weighted by Crippen LogP contribution is 2.22. The Labute approximate surface area is 111 Å². The fraction of sp³-hybridized carbons (Fsp3) is 0.118. The van der Waals surface area contributed by atoms with Gasteiger partial charge >= 0.3 is 0 Å². The number of ketones is 1. The van der Waals surface area contributed by atoms with E-state index in [1.807, 2.05) is 55.5 Å². The number of furan rings is 1. The van der Waals surface area contributed by atoms with Crippen LogP contribution in [-0.4, -0.2) is 5.78 Å². The van der Waals surface area contributed by atoms with Gasteiger partial charge in [0.2, 0.25) is 0 Å². The van der Waals surface area contributed by atoms with Crippen LogP contribution in [0.4, 0.5) is 0 Å². The average molecular weight is 250 g/mol. The van der Waals surface area contributed by atoms with Crippen LogP contribution in [0.15, 0.2) is 59.2 Å². The van der Waals surface area contributed by atoms with Gasteiger partial charge in [-0.1, -0.05) is 42.5 Å². The van der Waals surface area contributed by atoms with Crippen LogP contribution in [0.25, 0.3) is 11.0 Å². The molecule has 94 valence electrons. The van der Waals surface area contributed by atoms with Crippen LogP contribution in [0.2, 0.25) is 0 Å². The molecule has 0 aliphatic carbocycles. The van der Waals surface area contributed by atoms with E-state index in [0.29, 0.717) is 12.0 Å². The maximum Gasteiger partial charge on any atom is 0.171 e. The highest BCUT2D eigenvalue weighted by Gasteiger charge is 2.14. The first kappa shape index (κ1) is 11.7. The lowest BCUT2D eigenvalue weighted by molar-refractivity contribution is 0.0993. The molecule has 0 atom stereocenters. The van der Waals surface area contributed by atoms with Crippen molar-refractivity contribution in [1.29, 1.82) is 0 Å². The molecule has 0 spiro atoms. The molecule has 0 bridgehead atoms. The second kappa shape index (κ2) is 4.73. The molecule has 0 aliphatic heterocycles. The molecule has 1 aromatic heterocycles. The van der Waals surface area contributed by atoms with E-state index in [4.69, 9.17) is 4.42 Å². The van der Waals surface area contributed by atoms with Crippen molar-refractivity contribution in [2.45, 2.75) is 13.3 Å². The molecular formula is C17H14O2. The monoisotopic (exact) mass is 250 g/mol. The van der Waals surface area contributed by atoms with Crippen molar-refractivity contribution < 1.29 is 9.21 Å². The van der Waals surface area contributed by atoms with Crippen LogP contribution < -0.4 is 0 Å². The van der Waals surface area contributed by atoms with Crippen molar-refractivity contribution >= 4 is 16.8 Å². The van der Waals surface area contributed by atoms with E-state index in [2.05, 4.69) is 0 Å². The Balaban J connectivity index is 1.95. The zero-order valence-corrected chi connectivity index (χ0v) is 10.7. The molecular weight excluding hydrogens is 236 g/mol. The molecule has 2 heteroatoms. The molecule has 0 saturated heterocycles. The van der Waals surface area contributed by atoms with Crippen molar-refractivity contribution in [3.05, 3.63) is 71.5 Å². The number of hydrogen-bond acceptors (Lipinski definition) is 2. The maximum absolute atomic E-state index is 12.4. The highest BCUT2D eigenvalue weighted by molar-refractivity contribution is 6.07. The minimum absolute atomic E-state index is 0.0965. The normalized spacial score (nSPS) is 10.8. The Hall–Kier alpha value is -2.35. The molecule has 0 radical (unpaired) electrons. The summed E-state index contributed by atoms with van der Waals surface area (Å²) in [6.45, 7) is 2.02. The number of Topliss-reactive ketones (excluding diaryl/α,β-unsaturated/α-hetero) is 1. The van der Waals surface area contributed by atoms with Gasteiger partial charge in [-0.3, -0.25) is 4.79 Å². The highest BCUT2D eigenvalue weighted by atomic mass is 16.3. The zero-order valence-electron chi connectivity index (χ0n) is 10.7. The first-order valence-electron chi connectivity index (χ1n) is 6.29. The molecule has 3 aromatic rings. The maximum atomic E-state index is 12.4. The summed E-state index contributed by atoms with van der Waals surface area (Å²) in [5.74, 6) is 0.0965. The lowest BCUT2D eigenvalue weighted by Gasteiger charge is -2.03. The minimum atomic E-state index is 0.0965. The number of aryl methyl sites for hydroxylation is 1. The smallest absolute Gasteiger partial charge is 0.171 e. The van der Waals surface area contributed by atoms with Crippen LogP contribution in [0, 0.1) is 6.92 Å². The van der Waals surface area contributed by atoms with Crippen LogP contribution >= 0.6 is 0 Å². The van der Waals surface area contributed by atoms with Gasteiger partial charge in [-0.15, -0.1) is 0 Å². The van der Waals surface area contributed by atoms with E-state index in [-0.39, 0.29) is 5.78 Å². The van der Waals surface area contributed by atoms with Crippen molar-refractivity contribution in [3.8, 4) is 0 Å². The second-order valence-electron chi connectivity index (χ2n) is 4.67. The molecule has 0 aliphatic rings. The first-order chi connectivity index (χ1) is 9.25. The summed E-state index contributed by atoms with van der Waals surface area (Å²) in [5, 5.41) is 0.890. The molecule has 2 aromatic carbocycles. The molecule has 0 fully saturated rings. The van der Waals surface area contributed by atoms with Crippen molar-refractivity contribution in [2.24, 2.45) is 0 Å². The third kappa shape index (κ3) is 2.17. The van der Waals surface area contributed by atoms with E-state index in [9.17, 15) is 4.79 Å². The standard InChI is InChI=1S/C17H14O2/c1-12-6-2-3-7-13(12)10-16(18)15-11-19-17-9-5-4-8-14(15)17/h2-9,11H,10H2,1H3. The zero-order chi connectivity index (χ0) is 13.2. The van der Waals surface area contributed by atoms with Gasteiger partial charge in [-0.05, 0) is 24.1 Å². The summed E-state index contributed by atoms with van der Waals surface area (Å²) >= 11 is 0. The molecule has 0 unspecified atom stereocenters. The third-order valence-corrected chi connectivity index (χ3v) is 3.39. The Morgan fingerprint density at radius 3 is 2.63 bits per heavy atom. The van der Waals surface area contributed by atoms with E-state index in [1.165, 1.54) is 0 Å².